The molecule has 0 bridgehead atoms. The van der Waals surface area contributed by atoms with Gasteiger partial charge in [-0.1, -0.05) is 12.1 Å². The van der Waals surface area contributed by atoms with E-state index in [9.17, 15) is 30.0 Å². The number of benzene rings is 1. The molecule has 0 heterocycles. The van der Waals surface area contributed by atoms with Crippen molar-refractivity contribution in [2.75, 3.05) is 6.26 Å². The zero-order valence-electron chi connectivity index (χ0n) is 9.21. The molecule has 0 radical (unpaired) electrons. The van der Waals surface area contributed by atoms with Gasteiger partial charge < -0.3 is 4.18 Å². The maximum absolute atomic E-state index is 11.9. The summed E-state index contributed by atoms with van der Waals surface area (Å²) in [5.74, 6) is -0.783. The minimum absolute atomic E-state index is 0.612. The van der Waals surface area contributed by atoms with E-state index >= 15 is 0 Å². The first-order chi connectivity index (χ1) is 8.41. The Balaban J connectivity index is 3.28. The average Bonchev–Trinajstić information content (AvgIpc) is 2.11. The second-order valence-corrected chi connectivity index (χ2v) is 6.31. The molecule has 0 spiro atoms. The summed E-state index contributed by atoms with van der Waals surface area (Å²) in [5, 5.41) is 0. The molecular formula is C8H7F3O6S2. The number of halogens is 3. The van der Waals surface area contributed by atoms with Crippen molar-refractivity contribution in [2.24, 2.45) is 0 Å². The van der Waals surface area contributed by atoms with Crippen molar-refractivity contribution < 1.29 is 38.4 Å². The molecule has 0 N–H and O–H groups in total. The van der Waals surface area contributed by atoms with Gasteiger partial charge in [-0.25, -0.2) is 0 Å². The van der Waals surface area contributed by atoms with Gasteiger partial charge in [0.1, 0.15) is 4.90 Å². The summed E-state index contributed by atoms with van der Waals surface area (Å²) >= 11 is 0. The van der Waals surface area contributed by atoms with Crippen molar-refractivity contribution in [1.29, 1.82) is 0 Å². The van der Waals surface area contributed by atoms with Crippen LogP contribution in [0.25, 0.3) is 0 Å². The predicted octanol–water partition coefficient (Wildman–Crippen LogP) is 1.25. The van der Waals surface area contributed by atoms with Crippen LogP contribution in [0.5, 0.6) is 5.75 Å². The summed E-state index contributed by atoms with van der Waals surface area (Å²) < 4.78 is 87.5. The molecule has 0 unspecified atom stereocenters. The quantitative estimate of drug-likeness (QED) is 0.776. The molecule has 19 heavy (non-hydrogen) atoms. The molecule has 0 aromatic heterocycles. The first kappa shape index (κ1) is 15.7. The zero-order chi connectivity index (χ0) is 14.9. The Morgan fingerprint density at radius 2 is 1.58 bits per heavy atom. The van der Waals surface area contributed by atoms with Gasteiger partial charge in [-0.05, 0) is 12.1 Å². The fourth-order valence-corrected chi connectivity index (χ4v) is 2.52. The summed E-state index contributed by atoms with van der Waals surface area (Å²) in [5.41, 5.74) is 0. The molecular weight excluding hydrogens is 313 g/mol. The predicted molar refractivity (Wildman–Crippen MR) is 56.2 cm³/mol. The van der Waals surface area contributed by atoms with Crippen molar-refractivity contribution in [3.8, 4) is 5.75 Å². The van der Waals surface area contributed by atoms with E-state index in [-0.39, 0.29) is 0 Å². The van der Waals surface area contributed by atoms with Crippen LogP contribution >= 0.6 is 0 Å². The normalized spacial score (nSPS) is 13.3. The van der Waals surface area contributed by atoms with Gasteiger partial charge >= 0.3 is 26.6 Å². The Hall–Kier alpha value is -1.33. The number of hydrogen-bond donors (Lipinski definition) is 0. The van der Waals surface area contributed by atoms with Crippen LogP contribution in [0.15, 0.2) is 29.2 Å². The van der Waals surface area contributed by atoms with Crippen molar-refractivity contribution in [2.45, 2.75) is 11.3 Å². The highest BCUT2D eigenvalue weighted by Crippen LogP contribution is 2.30. The van der Waals surface area contributed by atoms with Crippen molar-refractivity contribution in [3.05, 3.63) is 24.3 Å². The van der Waals surface area contributed by atoms with E-state index in [1.807, 2.05) is 0 Å². The average molecular weight is 320 g/mol. The van der Waals surface area contributed by atoms with Crippen LogP contribution in [-0.4, -0.2) is 29.5 Å². The van der Waals surface area contributed by atoms with Gasteiger partial charge in [-0.3, -0.25) is 0 Å². The highest BCUT2D eigenvalue weighted by Gasteiger charge is 2.39. The Labute approximate surface area is 107 Å². The van der Waals surface area contributed by atoms with E-state index in [2.05, 4.69) is 8.37 Å². The minimum atomic E-state index is -5.43. The third-order valence-electron chi connectivity index (χ3n) is 1.56. The van der Waals surface area contributed by atoms with Crippen LogP contribution < -0.4 is 4.18 Å². The molecule has 0 aliphatic heterocycles. The van der Waals surface area contributed by atoms with E-state index in [0.29, 0.717) is 6.26 Å². The fraction of sp³-hybridized carbons (Fsp3) is 0.250. The molecule has 0 saturated heterocycles. The van der Waals surface area contributed by atoms with E-state index in [0.717, 1.165) is 18.2 Å². The van der Waals surface area contributed by atoms with E-state index in [1.54, 1.807) is 0 Å². The number of rotatable bonds is 4. The largest absolute Gasteiger partial charge is 0.537 e. The van der Waals surface area contributed by atoms with Crippen LogP contribution in [0.4, 0.5) is 13.2 Å². The van der Waals surface area contributed by atoms with Crippen molar-refractivity contribution in [1.82, 2.24) is 0 Å². The van der Waals surface area contributed by atoms with Crippen LogP contribution in [0, 0.1) is 0 Å². The lowest BCUT2D eigenvalue weighted by Gasteiger charge is -2.11. The van der Waals surface area contributed by atoms with Gasteiger partial charge in [-0.15, -0.1) is 13.2 Å². The molecule has 0 aliphatic carbocycles. The van der Waals surface area contributed by atoms with Gasteiger partial charge in [0.2, 0.25) is 0 Å². The molecule has 0 fully saturated rings. The smallest absolute Gasteiger partial charge is 0.381 e. The molecule has 0 atom stereocenters. The SMILES string of the molecule is CS(=O)(=O)Oc1ccccc1S(=O)(=O)OC(F)(F)F. The molecule has 0 aliphatic rings. The molecule has 108 valence electrons. The third-order valence-corrected chi connectivity index (χ3v) is 3.33. The molecule has 0 amide bonds. The second kappa shape index (κ2) is 4.98. The number of alkyl halides is 3. The van der Waals surface area contributed by atoms with Crippen LogP contribution in [-0.2, 0) is 24.4 Å². The third kappa shape index (κ3) is 5.04. The topological polar surface area (TPSA) is 86.7 Å². The Kier molecular flexibility index (Phi) is 4.12. The van der Waals surface area contributed by atoms with Crippen molar-refractivity contribution in [3.63, 3.8) is 0 Å². The summed E-state index contributed by atoms with van der Waals surface area (Å²) in [6.07, 6.45) is -4.82. The summed E-state index contributed by atoms with van der Waals surface area (Å²) in [7, 11) is -9.34. The van der Waals surface area contributed by atoms with Crippen LogP contribution in [0.3, 0.4) is 0 Å². The summed E-state index contributed by atoms with van der Waals surface area (Å²) in [4.78, 5) is -1.04. The number of hydrogen-bond acceptors (Lipinski definition) is 6. The Morgan fingerprint density at radius 1 is 1.05 bits per heavy atom. The second-order valence-electron chi connectivity index (χ2n) is 3.22. The van der Waals surface area contributed by atoms with E-state index in [1.165, 1.54) is 6.07 Å². The standard InChI is InChI=1S/C8H7F3O6S2/c1-18(12,13)16-6-4-2-3-5-7(6)19(14,15)17-8(9,10)11/h2-5H,1H3. The highest BCUT2D eigenvalue weighted by atomic mass is 32.2. The van der Waals surface area contributed by atoms with Crippen LogP contribution in [0.1, 0.15) is 0 Å². The molecule has 6 nitrogen and oxygen atoms in total. The lowest BCUT2D eigenvalue weighted by molar-refractivity contribution is -0.271. The Bertz CT molecular complexity index is 662. The van der Waals surface area contributed by atoms with Gasteiger partial charge in [0, 0.05) is 0 Å². The first-order valence-corrected chi connectivity index (χ1v) is 7.64. The summed E-state index contributed by atoms with van der Waals surface area (Å²) in [6, 6.07) is 3.88. The van der Waals surface area contributed by atoms with Gasteiger partial charge in [-0.2, -0.15) is 21.0 Å². The van der Waals surface area contributed by atoms with E-state index in [4.69, 9.17) is 0 Å². The maximum Gasteiger partial charge on any atom is 0.537 e. The monoisotopic (exact) mass is 320 g/mol. The zero-order valence-corrected chi connectivity index (χ0v) is 10.8. The van der Waals surface area contributed by atoms with E-state index < -0.39 is 37.2 Å². The van der Waals surface area contributed by atoms with Gasteiger partial charge in [0.05, 0.1) is 6.26 Å². The fourth-order valence-electron chi connectivity index (χ4n) is 1.06. The highest BCUT2D eigenvalue weighted by molar-refractivity contribution is 7.87. The van der Waals surface area contributed by atoms with Gasteiger partial charge in [0.25, 0.3) is 0 Å². The van der Waals surface area contributed by atoms with Crippen LogP contribution in [0.2, 0.25) is 0 Å². The minimum Gasteiger partial charge on any atom is -0.381 e. The lowest BCUT2D eigenvalue weighted by Crippen LogP contribution is -2.20. The Morgan fingerprint density at radius 3 is 2.05 bits per heavy atom. The first-order valence-electron chi connectivity index (χ1n) is 4.41. The molecule has 11 heteroatoms. The molecule has 1 aromatic carbocycles. The number of para-hydroxylation sites is 1. The summed E-state index contributed by atoms with van der Waals surface area (Å²) in [6.45, 7) is 0. The van der Waals surface area contributed by atoms with Crippen molar-refractivity contribution >= 4 is 20.2 Å². The molecule has 0 saturated carbocycles. The molecule has 1 rings (SSSR count). The van der Waals surface area contributed by atoms with Gasteiger partial charge in [0.15, 0.2) is 5.75 Å². The lowest BCUT2D eigenvalue weighted by atomic mass is 10.3. The maximum atomic E-state index is 11.9. The molecule has 1 aromatic rings.